The van der Waals surface area contributed by atoms with Crippen molar-refractivity contribution in [3.05, 3.63) is 54.4 Å². The fraction of sp³-hybridized carbons (Fsp3) is 0.500. The third-order valence-corrected chi connectivity index (χ3v) is 7.59. The lowest BCUT2D eigenvalue weighted by Crippen LogP contribution is -2.52. The Balaban J connectivity index is 1.29. The second-order valence-corrected chi connectivity index (χ2v) is 10.2. The summed E-state index contributed by atoms with van der Waals surface area (Å²) in [6.45, 7) is 12.8. The van der Waals surface area contributed by atoms with E-state index >= 15 is 0 Å². The second-order valence-electron chi connectivity index (χ2n) is 10.2. The van der Waals surface area contributed by atoms with Crippen molar-refractivity contribution in [2.24, 2.45) is 0 Å². The van der Waals surface area contributed by atoms with Crippen LogP contribution in [0.2, 0.25) is 0 Å². The quantitative estimate of drug-likeness (QED) is 0.574. The van der Waals surface area contributed by atoms with Crippen LogP contribution in [0.5, 0.6) is 0 Å². The molecule has 4 heterocycles. The van der Waals surface area contributed by atoms with Crippen LogP contribution >= 0.6 is 0 Å². The number of amides is 2. The maximum Gasteiger partial charge on any atom is 0.317 e. The Kier molecular flexibility index (Phi) is 6.95. The largest absolute Gasteiger partial charge is 0.366 e. The maximum atomic E-state index is 12.3. The third-order valence-electron chi connectivity index (χ3n) is 7.59. The minimum absolute atomic E-state index is 0.0503. The lowest BCUT2D eigenvalue weighted by atomic mass is 9.96. The van der Waals surface area contributed by atoms with Crippen molar-refractivity contribution < 1.29 is 4.79 Å². The summed E-state index contributed by atoms with van der Waals surface area (Å²) in [7, 11) is 0. The summed E-state index contributed by atoms with van der Waals surface area (Å²) in [5.74, 6) is 0.635. The Morgan fingerprint density at radius 1 is 1.06 bits per heavy atom. The average molecular weight is 475 g/mol. The number of carbonyl (C=O) groups is 1. The van der Waals surface area contributed by atoms with Crippen LogP contribution in [0.4, 0.5) is 10.5 Å². The van der Waals surface area contributed by atoms with Gasteiger partial charge in [-0.15, -0.1) is 0 Å². The number of hydrogen-bond donors (Lipinski definition) is 1. The molecule has 1 N–H and O–H groups in total. The van der Waals surface area contributed by atoms with Crippen molar-refractivity contribution in [3.8, 4) is 11.1 Å². The summed E-state index contributed by atoms with van der Waals surface area (Å²) in [6.07, 6.45) is 6.19. The summed E-state index contributed by atoms with van der Waals surface area (Å²) >= 11 is 0. The first-order valence-corrected chi connectivity index (χ1v) is 13.1. The first-order valence-electron chi connectivity index (χ1n) is 13.1. The van der Waals surface area contributed by atoms with Gasteiger partial charge in [0, 0.05) is 63.3 Å². The highest BCUT2D eigenvalue weighted by Crippen LogP contribution is 2.32. The molecule has 0 bridgehead atoms. The number of carbonyl (C=O) groups excluding carboxylic acids is 1. The number of piperazine rings is 1. The molecule has 2 fully saturated rings. The van der Waals surface area contributed by atoms with Gasteiger partial charge in [-0.2, -0.15) is 5.10 Å². The number of likely N-dealkylation sites (tertiary alicyclic amines) is 1. The van der Waals surface area contributed by atoms with Gasteiger partial charge in [0.25, 0.3) is 0 Å². The molecule has 0 radical (unpaired) electrons. The topological polar surface area (TPSA) is 56.1 Å². The number of aromatic nitrogens is 2. The number of hydrogen-bond acceptors (Lipinski definition) is 4. The zero-order chi connectivity index (χ0) is 24.4. The van der Waals surface area contributed by atoms with Gasteiger partial charge in [0.2, 0.25) is 0 Å². The number of urea groups is 1. The van der Waals surface area contributed by atoms with E-state index in [0.29, 0.717) is 12.0 Å². The first kappa shape index (κ1) is 23.7. The van der Waals surface area contributed by atoms with Crippen molar-refractivity contribution >= 4 is 17.2 Å². The molecule has 7 nitrogen and oxygen atoms in total. The molecule has 2 aliphatic rings. The molecule has 0 saturated carbocycles. The van der Waals surface area contributed by atoms with Gasteiger partial charge < -0.3 is 20.0 Å². The summed E-state index contributed by atoms with van der Waals surface area (Å²) in [4.78, 5) is 19.2. The zero-order valence-corrected chi connectivity index (χ0v) is 21.3. The summed E-state index contributed by atoms with van der Waals surface area (Å²) in [5, 5.41) is 7.56. The molecule has 2 saturated heterocycles. The Morgan fingerprint density at radius 2 is 1.83 bits per heavy atom. The molecule has 2 aliphatic heterocycles. The van der Waals surface area contributed by atoms with Crippen LogP contribution in [0.15, 0.2) is 48.8 Å². The zero-order valence-electron chi connectivity index (χ0n) is 21.3. The number of nitrogens with zero attached hydrogens (tertiary/aromatic N) is 5. The summed E-state index contributed by atoms with van der Waals surface area (Å²) < 4.78 is 1.98. The molecule has 1 atom stereocenters. The van der Waals surface area contributed by atoms with E-state index in [-0.39, 0.29) is 6.03 Å². The lowest BCUT2D eigenvalue weighted by Gasteiger charge is -2.36. The van der Waals surface area contributed by atoms with Gasteiger partial charge in [0.15, 0.2) is 0 Å². The second kappa shape index (κ2) is 10.3. The molecule has 2 amide bonds. The van der Waals surface area contributed by atoms with E-state index in [2.05, 4.69) is 83.6 Å². The van der Waals surface area contributed by atoms with E-state index in [4.69, 9.17) is 0 Å². The molecule has 1 aromatic carbocycles. The van der Waals surface area contributed by atoms with Gasteiger partial charge in [0.1, 0.15) is 0 Å². The molecule has 0 spiro atoms. The number of nitrogens with one attached hydrogen (secondary N) is 1. The normalized spacial score (nSPS) is 19.1. The van der Waals surface area contributed by atoms with Crippen molar-refractivity contribution in [1.82, 2.24) is 24.7 Å². The van der Waals surface area contributed by atoms with Gasteiger partial charge in [-0.25, -0.2) is 9.31 Å². The minimum atomic E-state index is 0.0503. The maximum absolute atomic E-state index is 12.3. The van der Waals surface area contributed by atoms with Gasteiger partial charge in [-0.05, 0) is 62.4 Å². The third kappa shape index (κ3) is 5.01. The minimum Gasteiger partial charge on any atom is -0.366 e. The van der Waals surface area contributed by atoms with Crippen LogP contribution in [0.3, 0.4) is 0 Å². The van der Waals surface area contributed by atoms with E-state index in [1.807, 2.05) is 15.6 Å². The molecule has 35 heavy (non-hydrogen) atoms. The highest BCUT2D eigenvalue weighted by atomic mass is 16.2. The molecule has 0 unspecified atom stereocenters. The Labute approximate surface area is 208 Å². The Morgan fingerprint density at radius 3 is 2.51 bits per heavy atom. The Hall–Kier alpha value is -3.06. The molecule has 7 heteroatoms. The smallest absolute Gasteiger partial charge is 0.317 e. The fourth-order valence-corrected chi connectivity index (χ4v) is 5.40. The number of fused-ring (bicyclic) bond motifs is 1. The SMILES string of the molecule is CCCNC(=O)N1CCN(c2ccnn3cc(-c4ccc([C@H]5CCN(C(C)C)C5)cc4)cc23)CC1. The van der Waals surface area contributed by atoms with Crippen LogP contribution in [-0.4, -0.2) is 77.3 Å². The van der Waals surface area contributed by atoms with E-state index in [9.17, 15) is 4.79 Å². The molecule has 5 rings (SSSR count). The van der Waals surface area contributed by atoms with E-state index in [0.717, 1.165) is 51.2 Å². The van der Waals surface area contributed by atoms with Gasteiger partial charge in [-0.3, -0.25) is 0 Å². The predicted molar refractivity (Wildman–Crippen MR) is 142 cm³/mol. The van der Waals surface area contributed by atoms with Crippen LogP contribution < -0.4 is 10.2 Å². The van der Waals surface area contributed by atoms with E-state index in [1.54, 1.807) is 0 Å². The highest BCUT2D eigenvalue weighted by Gasteiger charge is 2.26. The summed E-state index contributed by atoms with van der Waals surface area (Å²) in [6, 6.07) is 14.1. The van der Waals surface area contributed by atoms with Crippen LogP contribution in [0, 0.1) is 0 Å². The lowest BCUT2D eigenvalue weighted by molar-refractivity contribution is 0.194. The van der Waals surface area contributed by atoms with Crippen LogP contribution in [0.25, 0.3) is 16.6 Å². The summed E-state index contributed by atoms with van der Waals surface area (Å²) in [5.41, 5.74) is 6.14. The molecule has 0 aliphatic carbocycles. The molecule has 2 aromatic heterocycles. The van der Waals surface area contributed by atoms with Crippen molar-refractivity contribution in [3.63, 3.8) is 0 Å². The van der Waals surface area contributed by atoms with Crippen molar-refractivity contribution in [2.45, 2.75) is 45.6 Å². The monoisotopic (exact) mass is 474 g/mol. The first-order chi connectivity index (χ1) is 17.0. The van der Waals surface area contributed by atoms with E-state index in [1.165, 1.54) is 35.3 Å². The molecule has 3 aromatic rings. The number of anilines is 1. The number of rotatable bonds is 6. The van der Waals surface area contributed by atoms with Gasteiger partial charge >= 0.3 is 6.03 Å². The number of benzene rings is 1. The van der Waals surface area contributed by atoms with E-state index < -0.39 is 0 Å². The van der Waals surface area contributed by atoms with Gasteiger partial charge in [0.05, 0.1) is 11.2 Å². The van der Waals surface area contributed by atoms with Crippen LogP contribution in [-0.2, 0) is 0 Å². The average Bonchev–Trinajstić information content (AvgIpc) is 3.55. The fourth-order valence-electron chi connectivity index (χ4n) is 5.40. The Bertz CT molecular complexity index is 1150. The van der Waals surface area contributed by atoms with Gasteiger partial charge in [-0.1, -0.05) is 31.2 Å². The molecular formula is C28H38N6O. The molecule has 186 valence electrons. The molecular weight excluding hydrogens is 436 g/mol. The van der Waals surface area contributed by atoms with Crippen molar-refractivity contribution in [1.29, 1.82) is 0 Å². The van der Waals surface area contributed by atoms with Crippen LogP contribution in [0.1, 0.15) is 45.1 Å². The predicted octanol–water partition coefficient (Wildman–Crippen LogP) is 4.44. The van der Waals surface area contributed by atoms with Crippen molar-refractivity contribution in [2.75, 3.05) is 50.7 Å². The standard InChI is InChI=1S/C28H38N6O/c1-4-11-29-28(35)32-16-14-31(15-17-32)26-9-12-30-34-20-25(18-27(26)34)23-7-5-22(6-8-23)24-10-13-33(19-24)21(2)3/h5-9,12,18,20-21,24H,4,10-11,13-17,19H2,1-3H3,(H,29,35)/t24-/m0/s1. The highest BCUT2D eigenvalue weighted by molar-refractivity contribution is 5.80.